The molecule has 0 radical (unpaired) electrons. The van der Waals surface area contributed by atoms with Gasteiger partial charge in [0.1, 0.15) is 0 Å². The van der Waals surface area contributed by atoms with Gasteiger partial charge in [-0.1, -0.05) is 64.6 Å². The van der Waals surface area contributed by atoms with Gasteiger partial charge >= 0.3 is 0 Å². The fraction of sp³-hybridized carbons (Fsp3) is 0.882. The number of carbonyl (C=O) groups is 1. The Morgan fingerprint density at radius 2 is 1.52 bits per heavy atom. The molecule has 4 heteroatoms. The van der Waals surface area contributed by atoms with Crippen molar-refractivity contribution in [3.63, 3.8) is 0 Å². The molecule has 1 amide bonds. The van der Waals surface area contributed by atoms with Crippen molar-refractivity contribution in [2.75, 3.05) is 13.1 Å². The molecule has 1 rings (SSSR count). The fourth-order valence-corrected chi connectivity index (χ4v) is 3.50. The van der Waals surface area contributed by atoms with E-state index in [0.29, 0.717) is 4.99 Å². The van der Waals surface area contributed by atoms with Crippen LogP contribution < -0.4 is 5.73 Å². The first-order chi connectivity index (χ1) is 10.1. The van der Waals surface area contributed by atoms with E-state index >= 15 is 0 Å². The molecule has 122 valence electrons. The summed E-state index contributed by atoms with van der Waals surface area (Å²) in [4.78, 5) is 15.6. The lowest BCUT2D eigenvalue weighted by molar-refractivity contribution is -0.139. The predicted octanol–water partition coefficient (Wildman–Crippen LogP) is 4.04. The quantitative estimate of drug-likeness (QED) is 0.543. The molecule has 1 saturated carbocycles. The standard InChI is InChI=1S/C17H32N2OS/c1-3-5-13-19(14-6-4-2)16(20)17(15(18)21)11-9-7-8-10-12-17/h3-14H2,1-2H3,(H2,18,21). The largest absolute Gasteiger partial charge is 0.392 e. The SMILES string of the molecule is CCCCN(CCCC)C(=O)C1(C(N)=S)CCCCCC1. The molecule has 21 heavy (non-hydrogen) atoms. The Morgan fingerprint density at radius 1 is 1.05 bits per heavy atom. The van der Waals surface area contributed by atoms with Crippen LogP contribution in [0.2, 0.25) is 0 Å². The van der Waals surface area contributed by atoms with Crippen LogP contribution in [0.4, 0.5) is 0 Å². The Hall–Kier alpha value is -0.640. The van der Waals surface area contributed by atoms with E-state index in [-0.39, 0.29) is 5.91 Å². The lowest BCUT2D eigenvalue weighted by Gasteiger charge is -2.36. The molecule has 0 aromatic rings. The zero-order valence-electron chi connectivity index (χ0n) is 13.8. The van der Waals surface area contributed by atoms with Gasteiger partial charge in [-0.2, -0.15) is 0 Å². The Balaban J connectivity index is 2.90. The van der Waals surface area contributed by atoms with Crippen LogP contribution in [0, 0.1) is 5.41 Å². The second-order valence-corrected chi connectivity index (χ2v) is 6.80. The Bertz CT molecular complexity index is 328. The number of carbonyl (C=O) groups excluding carboxylic acids is 1. The summed E-state index contributed by atoms with van der Waals surface area (Å²) < 4.78 is 0. The third-order valence-electron chi connectivity index (χ3n) is 4.69. The van der Waals surface area contributed by atoms with Gasteiger partial charge in [-0.3, -0.25) is 4.79 Å². The second kappa shape index (κ2) is 9.39. The number of hydrogen-bond acceptors (Lipinski definition) is 2. The fourth-order valence-electron chi connectivity index (χ4n) is 3.21. The first-order valence-electron chi connectivity index (χ1n) is 8.67. The summed E-state index contributed by atoms with van der Waals surface area (Å²) in [5.74, 6) is 0.207. The predicted molar refractivity (Wildman–Crippen MR) is 93.3 cm³/mol. The molecule has 0 atom stereocenters. The molecule has 0 saturated heterocycles. The van der Waals surface area contributed by atoms with Crippen LogP contribution in [-0.2, 0) is 4.79 Å². The number of unbranched alkanes of at least 4 members (excludes halogenated alkanes) is 2. The van der Waals surface area contributed by atoms with E-state index in [1.54, 1.807) is 0 Å². The number of rotatable bonds is 8. The average molecular weight is 313 g/mol. The van der Waals surface area contributed by atoms with Gasteiger partial charge in [0.05, 0.1) is 10.4 Å². The topological polar surface area (TPSA) is 46.3 Å². The van der Waals surface area contributed by atoms with Crippen molar-refractivity contribution in [2.24, 2.45) is 11.1 Å². The zero-order chi connectivity index (χ0) is 15.7. The summed E-state index contributed by atoms with van der Waals surface area (Å²) in [6.07, 6.45) is 10.5. The van der Waals surface area contributed by atoms with Crippen LogP contribution in [0.3, 0.4) is 0 Å². The first kappa shape index (κ1) is 18.4. The molecular formula is C17H32N2OS. The molecule has 1 aliphatic carbocycles. The number of nitrogens with two attached hydrogens (primary N) is 1. The smallest absolute Gasteiger partial charge is 0.235 e. The number of nitrogens with zero attached hydrogens (tertiary/aromatic N) is 1. The highest BCUT2D eigenvalue weighted by Crippen LogP contribution is 2.37. The van der Waals surface area contributed by atoms with Crippen LogP contribution in [0.15, 0.2) is 0 Å². The van der Waals surface area contributed by atoms with Gasteiger partial charge in [-0.05, 0) is 25.7 Å². The minimum atomic E-state index is -0.562. The third-order valence-corrected chi connectivity index (χ3v) is 5.08. The molecule has 0 aliphatic heterocycles. The van der Waals surface area contributed by atoms with Gasteiger partial charge in [0.25, 0.3) is 0 Å². The van der Waals surface area contributed by atoms with Crippen LogP contribution in [-0.4, -0.2) is 28.9 Å². The molecule has 1 aliphatic rings. The maximum absolute atomic E-state index is 13.2. The van der Waals surface area contributed by atoms with E-state index in [9.17, 15) is 4.79 Å². The highest BCUT2D eigenvalue weighted by molar-refractivity contribution is 7.80. The van der Waals surface area contributed by atoms with Crippen molar-refractivity contribution >= 4 is 23.1 Å². The molecular weight excluding hydrogens is 280 g/mol. The van der Waals surface area contributed by atoms with Crippen LogP contribution in [0.5, 0.6) is 0 Å². The van der Waals surface area contributed by atoms with Crippen LogP contribution in [0.25, 0.3) is 0 Å². The van der Waals surface area contributed by atoms with Crippen molar-refractivity contribution in [2.45, 2.75) is 78.1 Å². The van der Waals surface area contributed by atoms with Crippen molar-refractivity contribution in [1.82, 2.24) is 4.90 Å². The minimum absolute atomic E-state index is 0.207. The van der Waals surface area contributed by atoms with Gasteiger partial charge < -0.3 is 10.6 Å². The number of amides is 1. The number of hydrogen-bond donors (Lipinski definition) is 1. The maximum Gasteiger partial charge on any atom is 0.235 e. The molecule has 0 spiro atoms. The van der Waals surface area contributed by atoms with Gasteiger partial charge in [-0.15, -0.1) is 0 Å². The molecule has 0 unspecified atom stereocenters. The van der Waals surface area contributed by atoms with E-state index in [2.05, 4.69) is 13.8 Å². The molecule has 0 aromatic heterocycles. The van der Waals surface area contributed by atoms with Crippen LogP contribution in [0.1, 0.15) is 78.1 Å². The van der Waals surface area contributed by atoms with Crippen molar-refractivity contribution in [3.8, 4) is 0 Å². The maximum atomic E-state index is 13.2. The van der Waals surface area contributed by atoms with Crippen LogP contribution >= 0.6 is 12.2 Å². The summed E-state index contributed by atoms with van der Waals surface area (Å²) in [7, 11) is 0. The second-order valence-electron chi connectivity index (χ2n) is 6.36. The summed E-state index contributed by atoms with van der Waals surface area (Å²) in [6, 6.07) is 0. The van der Waals surface area contributed by atoms with Gasteiger partial charge in [0.2, 0.25) is 5.91 Å². The molecule has 0 heterocycles. The highest BCUT2D eigenvalue weighted by Gasteiger charge is 2.43. The normalized spacial score (nSPS) is 18.0. The van der Waals surface area contributed by atoms with Crippen molar-refractivity contribution < 1.29 is 4.79 Å². The minimum Gasteiger partial charge on any atom is -0.392 e. The summed E-state index contributed by atoms with van der Waals surface area (Å²) in [5.41, 5.74) is 5.49. The van der Waals surface area contributed by atoms with Gasteiger partial charge in [0, 0.05) is 13.1 Å². The highest BCUT2D eigenvalue weighted by atomic mass is 32.1. The molecule has 0 aromatic carbocycles. The molecule has 2 N–H and O–H groups in total. The Morgan fingerprint density at radius 3 is 1.90 bits per heavy atom. The third kappa shape index (κ3) is 4.94. The lowest BCUT2D eigenvalue weighted by atomic mass is 9.78. The summed E-state index contributed by atoms with van der Waals surface area (Å²) in [6.45, 7) is 6.02. The monoisotopic (exact) mass is 312 g/mol. The Labute approximate surface area is 135 Å². The van der Waals surface area contributed by atoms with E-state index in [1.165, 1.54) is 12.8 Å². The van der Waals surface area contributed by atoms with Crippen molar-refractivity contribution in [1.29, 1.82) is 0 Å². The van der Waals surface area contributed by atoms with E-state index < -0.39 is 5.41 Å². The summed E-state index contributed by atoms with van der Waals surface area (Å²) in [5, 5.41) is 0. The lowest BCUT2D eigenvalue weighted by Crippen LogP contribution is -2.51. The van der Waals surface area contributed by atoms with E-state index in [0.717, 1.165) is 64.5 Å². The average Bonchev–Trinajstić information content (AvgIpc) is 2.73. The van der Waals surface area contributed by atoms with Crippen molar-refractivity contribution in [3.05, 3.63) is 0 Å². The van der Waals surface area contributed by atoms with Gasteiger partial charge in [-0.25, -0.2) is 0 Å². The van der Waals surface area contributed by atoms with E-state index in [4.69, 9.17) is 18.0 Å². The zero-order valence-corrected chi connectivity index (χ0v) is 14.6. The molecule has 3 nitrogen and oxygen atoms in total. The van der Waals surface area contributed by atoms with E-state index in [1.807, 2.05) is 4.90 Å². The first-order valence-corrected chi connectivity index (χ1v) is 9.08. The Kier molecular flexibility index (Phi) is 8.23. The molecule has 1 fully saturated rings. The summed E-state index contributed by atoms with van der Waals surface area (Å²) >= 11 is 5.34. The van der Waals surface area contributed by atoms with Gasteiger partial charge in [0.15, 0.2) is 0 Å². The molecule has 0 bridgehead atoms. The number of thiocarbonyl (C=S) groups is 1.